The molecule has 0 aromatic carbocycles. The molecule has 1 rings (SSSR count). The van der Waals surface area contributed by atoms with Gasteiger partial charge in [0.05, 0.1) is 12.2 Å². The average molecular weight is 214 g/mol. The summed E-state index contributed by atoms with van der Waals surface area (Å²) in [6, 6.07) is 0. The molecule has 0 aliphatic carbocycles. The van der Waals surface area contributed by atoms with Crippen molar-refractivity contribution in [1.29, 1.82) is 0 Å². The molecule has 0 amide bonds. The van der Waals surface area contributed by atoms with Crippen molar-refractivity contribution in [1.82, 2.24) is 0 Å². The summed E-state index contributed by atoms with van der Waals surface area (Å²) < 4.78 is 5.73. The topological polar surface area (TPSA) is 32.8 Å². The second-order valence-corrected chi connectivity index (χ2v) is 5.91. The molecular weight excluding hydrogens is 188 g/mol. The molecule has 1 N–H and O–H groups in total. The molecule has 1 aliphatic heterocycles. The molecule has 0 aromatic rings. The van der Waals surface area contributed by atoms with E-state index < -0.39 is 0 Å². The van der Waals surface area contributed by atoms with Gasteiger partial charge in [0.1, 0.15) is 0 Å². The molecule has 0 radical (unpaired) electrons. The minimum Gasteiger partial charge on any atom is -0.396 e. The Hall–Kier alpha value is -0.0800. The fourth-order valence-corrected chi connectivity index (χ4v) is 2.09. The molecule has 2 heteroatoms. The summed E-state index contributed by atoms with van der Waals surface area (Å²) in [6.45, 7) is 11.2. The van der Waals surface area contributed by atoms with Gasteiger partial charge in [0, 0.05) is 6.61 Å². The summed E-state index contributed by atoms with van der Waals surface area (Å²) in [6.07, 6.45) is 3.02. The standard InChI is InChI=1S/C13H26O2/c1-6-9(2)10(3)12-11(15-12)7-13(4,5)8-14/h9-12,14H,6-8H2,1-5H3/t9-,10+,11-,12+/m0/s1. The van der Waals surface area contributed by atoms with E-state index in [1.54, 1.807) is 0 Å². The molecule has 1 aliphatic rings. The highest BCUT2D eigenvalue weighted by atomic mass is 16.6. The number of epoxide rings is 1. The fraction of sp³-hybridized carbons (Fsp3) is 1.00. The monoisotopic (exact) mass is 214 g/mol. The van der Waals surface area contributed by atoms with Crippen LogP contribution >= 0.6 is 0 Å². The second kappa shape index (κ2) is 4.84. The van der Waals surface area contributed by atoms with Crippen molar-refractivity contribution in [2.45, 2.75) is 59.7 Å². The zero-order valence-corrected chi connectivity index (χ0v) is 10.8. The van der Waals surface area contributed by atoms with Crippen molar-refractivity contribution in [2.75, 3.05) is 6.61 Å². The van der Waals surface area contributed by atoms with E-state index in [1.165, 1.54) is 6.42 Å². The summed E-state index contributed by atoms with van der Waals surface area (Å²) >= 11 is 0. The molecule has 15 heavy (non-hydrogen) atoms. The summed E-state index contributed by atoms with van der Waals surface area (Å²) in [5, 5.41) is 9.20. The lowest BCUT2D eigenvalue weighted by Crippen LogP contribution is -2.22. The maximum Gasteiger partial charge on any atom is 0.0870 e. The Bertz CT molecular complexity index is 201. The highest BCUT2D eigenvalue weighted by Gasteiger charge is 2.46. The van der Waals surface area contributed by atoms with Gasteiger partial charge >= 0.3 is 0 Å². The van der Waals surface area contributed by atoms with Gasteiger partial charge in [-0.25, -0.2) is 0 Å². The zero-order chi connectivity index (χ0) is 11.6. The number of aliphatic hydroxyl groups is 1. The molecule has 4 atom stereocenters. The first-order valence-corrected chi connectivity index (χ1v) is 6.17. The molecule has 2 nitrogen and oxygen atoms in total. The molecule has 0 spiro atoms. The Kier molecular flexibility index (Phi) is 4.19. The van der Waals surface area contributed by atoms with E-state index in [4.69, 9.17) is 4.74 Å². The van der Waals surface area contributed by atoms with Gasteiger partial charge in [-0.15, -0.1) is 0 Å². The maximum absolute atomic E-state index is 9.20. The summed E-state index contributed by atoms with van der Waals surface area (Å²) in [7, 11) is 0. The predicted octanol–water partition coefficient (Wildman–Crippen LogP) is 2.84. The van der Waals surface area contributed by atoms with E-state index in [0.29, 0.717) is 18.1 Å². The molecule has 0 saturated carbocycles. The summed E-state index contributed by atoms with van der Waals surface area (Å²) in [5.74, 6) is 1.38. The smallest absolute Gasteiger partial charge is 0.0870 e. The number of ether oxygens (including phenoxy) is 1. The van der Waals surface area contributed by atoms with Gasteiger partial charge in [-0.1, -0.05) is 41.0 Å². The van der Waals surface area contributed by atoms with Crippen LogP contribution in [-0.4, -0.2) is 23.9 Å². The van der Waals surface area contributed by atoms with E-state index in [-0.39, 0.29) is 12.0 Å². The summed E-state index contributed by atoms with van der Waals surface area (Å²) in [5.41, 5.74) is 0.00852. The zero-order valence-electron chi connectivity index (χ0n) is 10.8. The third-order valence-corrected chi connectivity index (χ3v) is 3.86. The lowest BCUT2D eigenvalue weighted by atomic mass is 9.84. The summed E-state index contributed by atoms with van der Waals surface area (Å²) in [4.78, 5) is 0. The van der Waals surface area contributed by atoms with Crippen molar-refractivity contribution in [3.05, 3.63) is 0 Å². The van der Waals surface area contributed by atoms with E-state index in [0.717, 1.165) is 12.3 Å². The molecule has 0 aromatic heterocycles. The number of aliphatic hydroxyl groups excluding tert-OH is 1. The Morgan fingerprint density at radius 3 is 2.40 bits per heavy atom. The second-order valence-electron chi connectivity index (χ2n) is 5.91. The first-order valence-electron chi connectivity index (χ1n) is 6.17. The van der Waals surface area contributed by atoms with E-state index in [1.807, 2.05) is 0 Å². The Morgan fingerprint density at radius 1 is 1.33 bits per heavy atom. The third-order valence-electron chi connectivity index (χ3n) is 3.86. The first-order chi connectivity index (χ1) is 6.91. The molecular formula is C13H26O2. The number of hydrogen-bond donors (Lipinski definition) is 1. The SMILES string of the molecule is CC[C@H](C)[C@@H](C)[C@H]1O[C@H]1CC(C)(C)CO. The van der Waals surface area contributed by atoms with Crippen molar-refractivity contribution in [2.24, 2.45) is 17.3 Å². The maximum atomic E-state index is 9.20. The van der Waals surface area contributed by atoms with E-state index in [2.05, 4.69) is 34.6 Å². The van der Waals surface area contributed by atoms with Gasteiger partial charge in [-0.3, -0.25) is 0 Å². The van der Waals surface area contributed by atoms with E-state index >= 15 is 0 Å². The first kappa shape index (κ1) is 13.0. The van der Waals surface area contributed by atoms with Crippen molar-refractivity contribution >= 4 is 0 Å². The minimum absolute atomic E-state index is 0.00852. The molecule has 1 saturated heterocycles. The molecule has 0 bridgehead atoms. The lowest BCUT2D eigenvalue weighted by molar-refractivity contribution is 0.139. The third kappa shape index (κ3) is 3.46. The van der Waals surface area contributed by atoms with Gasteiger partial charge in [-0.05, 0) is 23.7 Å². The molecule has 90 valence electrons. The van der Waals surface area contributed by atoms with Gasteiger partial charge in [-0.2, -0.15) is 0 Å². The minimum atomic E-state index is 0.00852. The molecule has 1 fully saturated rings. The van der Waals surface area contributed by atoms with Crippen LogP contribution in [0.1, 0.15) is 47.5 Å². The van der Waals surface area contributed by atoms with Gasteiger partial charge < -0.3 is 9.84 Å². The van der Waals surface area contributed by atoms with Crippen molar-refractivity contribution in [3.8, 4) is 0 Å². The Balaban J connectivity index is 2.34. The molecule has 1 heterocycles. The quantitative estimate of drug-likeness (QED) is 0.690. The highest BCUT2D eigenvalue weighted by Crippen LogP contribution is 2.40. The van der Waals surface area contributed by atoms with Crippen LogP contribution in [0.3, 0.4) is 0 Å². The Morgan fingerprint density at radius 2 is 1.93 bits per heavy atom. The van der Waals surface area contributed by atoms with Crippen molar-refractivity contribution < 1.29 is 9.84 Å². The van der Waals surface area contributed by atoms with Crippen LogP contribution in [-0.2, 0) is 4.74 Å². The predicted molar refractivity (Wildman–Crippen MR) is 62.8 cm³/mol. The average Bonchev–Trinajstić information content (AvgIpc) is 2.94. The van der Waals surface area contributed by atoms with Crippen LogP contribution < -0.4 is 0 Å². The largest absolute Gasteiger partial charge is 0.396 e. The normalized spacial score (nSPS) is 30.0. The Labute approximate surface area is 94.0 Å². The van der Waals surface area contributed by atoms with Gasteiger partial charge in [0.15, 0.2) is 0 Å². The van der Waals surface area contributed by atoms with Crippen molar-refractivity contribution in [3.63, 3.8) is 0 Å². The van der Waals surface area contributed by atoms with Crippen LogP contribution in [0.2, 0.25) is 0 Å². The lowest BCUT2D eigenvalue weighted by Gasteiger charge is -2.21. The van der Waals surface area contributed by atoms with Gasteiger partial charge in [0.25, 0.3) is 0 Å². The highest BCUT2D eigenvalue weighted by molar-refractivity contribution is 4.93. The van der Waals surface area contributed by atoms with Crippen LogP contribution in [0.15, 0.2) is 0 Å². The number of rotatable bonds is 6. The van der Waals surface area contributed by atoms with Crippen LogP contribution in [0.25, 0.3) is 0 Å². The fourth-order valence-electron chi connectivity index (χ4n) is 2.09. The van der Waals surface area contributed by atoms with Crippen LogP contribution in [0.4, 0.5) is 0 Å². The van der Waals surface area contributed by atoms with Gasteiger partial charge in [0.2, 0.25) is 0 Å². The van der Waals surface area contributed by atoms with Crippen LogP contribution in [0, 0.1) is 17.3 Å². The number of hydrogen-bond acceptors (Lipinski definition) is 2. The van der Waals surface area contributed by atoms with Crippen LogP contribution in [0.5, 0.6) is 0 Å². The molecule has 0 unspecified atom stereocenters. The van der Waals surface area contributed by atoms with E-state index in [9.17, 15) is 5.11 Å².